The molecule has 0 atom stereocenters. The maximum atomic E-state index is 6.03. The minimum atomic E-state index is 0.729. The number of imidazole rings is 1. The van der Waals surface area contributed by atoms with Gasteiger partial charge in [-0.15, -0.1) is 0 Å². The number of halogens is 1. The molecule has 0 radical (unpaired) electrons. The van der Waals surface area contributed by atoms with E-state index in [4.69, 9.17) is 16.3 Å². The van der Waals surface area contributed by atoms with E-state index in [0.29, 0.717) is 0 Å². The standard InChI is InChI=1S/C19H16ClN3O/c1-24-15-6-7-16-17(11-23-9-8-21-12-23)19(22-18(16)10-15)13-2-4-14(20)5-3-13/h2-10,12,22H,11H2,1H3. The normalized spacial score (nSPS) is 11.1. The van der Waals surface area contributed by atoms with Crippen LogP contribution in [0.1, 0.15) is 5.56 Å². The average Bonchev–Trinajstić information content (AvgIpc) is 3.24. The van der Waals surface area contributed by atoms with Crippen molar-refractivity contribution >= 4 is 22.5 Å². The Morgan fingerprint density at radius 1 is 1.17 bits per heavy atom. The van der Waals surface area contributed by atoms with E-state index in [1.807, 2.05) is 48.9 Å². The highest BCUT2D eigenvalue weighted by atomic mass is 35.5. The van der Waals surface area contributed by atoms with E-state index < -0.39 is 0 Å². The molecule has 24 heavy (non-hydrogen) atoms. The lowest BCUT2D eigenvalue weighted by Gasteiger charge is -2.07. The summed E-state index contributed by atoms with van der Waals surface area (Å²) in [5.74, 6) is 0.834. The largest absolute Gasteiger partial charge is 0.497 e. The highest BCUT2D eigenvalue weighted by Gasteiger charge is 2.14. The molecule has 0 unspecified atom stereocenters. The Morgan fingerprint density at radius 2 is 2.00 bits per heavy atom. The van der Waals surface area contributed by atoms with Crippen molar-refractivity contribution < 1.29 is 4.74 Å². The summed E-state index contributed by atoms with van der Waals surface area (Å²) in [6, 6.07) is 14.0. The molecule has 0 fully saturated rings. The highest BCUT2D eigenvalue weighted by molar-refractivity contribution is 6.30. The first-order valence-corrected chi connectivity index (χ1v) is 8.02. The van der Waals surface area contributed by atoms with Gasteiger partial charge >= 0.3 is 0 Å². The van der Waals surface area contributed by atoms with Gasteiger partial charge in [0, 0.05) is 39.9 Å². The molecule has 0 saturated carbocycles. The lowest BCUT2D eigenvalue weighted by Crippen LogP contribution is -1.97. The molecule has 5 heteroatoms. The number of aromatic nitrogens is 3. The zero-order valence-corrected chi connectivity index (χ0v) is 13.9. The van der Waals surface area contributed by atoms with Crippen molar-refractivity contribution in [2.45, 2.75) is 6.54 Å². The van der Waals surface area contributed by atoms with Gasteiger partial charge in [-0.05, 0) is 29.8 Å². The molecule has 4 rings (SSSR count). The molecular weight excluding hydrogens is 322 g/mol. The quantitative estimate of drug-likeness (QED) is 0.584. The first kappa shape index (κ1) is 14.8. The van der Waals surface area contributed by atoms with Gasteiger partial charge in [-0.2, -0.15) is 0 Å². The molecule has 120 valence electrons. The Hall–Kier alpha value is -2.72. The third kappa shape index (κ3) is 2.65. The monoisotopic (exact) mass is 337 g/mol. The first-order valence-electron chi connectivity index (χ1n) is 7.65. The van der Waals surface area contributed by atoms with Gasteiger partial charge in [-0.25, -0.2) is 4.98 Å². The summed E-state index contributed by atoms with van der Waals surface area (Å²) in [6.45, 7) is 0.740. The van der Waals surface area contributed by atoms with E-state index in [0.717, 1.165) is 34.1 Å². The van der Waals surface area contributed by atoms with E-state index in [-0.39, 0.29) is 0 Å². The van der Waals surface area contributed by atoms with Crippen molar-refractivity contribution in [3.63, 3.8) is 0 Å². The van der Waals surface area contributed by atoms with Gasteiger partial charge in [0.15, 0.2) is 0 Å². The van der Waals surface area contributed by atoms with Crippen LogP contribution in [0.3, 0.4) is 0 Å². The second-order valence-corrected chi connectivity index (χ2v) is 6.07. The second kappa shape index (κ2) is 6.06. The van der Waals surface area contributed by atoms with Crippen molar-refractivity contribution in [1.82, 2.24) is 14.5 Å². The summed E-state index contributed by atoms with van der Waals surface area (Å²) in [5, 5.41) is 1.90. The van der Waals surface area contributed by atoms with E-state index in [1.165, 1.54) is 10.9 Å². The number of benzene rings is 2. The smallest absolute Gasteiger partial charge is 0.120 e. The number of methoxy groups -OCH3 is 1. The van der Waals surface area contributed by atoms with Crippen LogP contribution in [0.15, 0.2) is 61.2 Å². The van der Waals surface area contributed by atoms with E-state index in [9.17, 15) is 0 Å². The number of aromatic amines is 1. The second-order valence-electron chi connectivity index (χ2n) is 5.63. The SMILES string of the molecule is COc1ccc2c(Cn3ccnc3)c(-c3ccc(Cl)cc3)[nH]c2c1. The van der Waals surface area contributed by atoms with Crippen LogP contribution in [-0.4, -0.2) is 21.6 Å². The van der Waals surface area contributed by atoms with Crippen LogP contribution in [0.25, 0.3) is 22.2 Å². The Labute approximate surface area is 144 Å². The fourth-order valence-corrected chi connectivity index (χ4v) is 3.08. The van der Waals surface area contributed by atoms with Crippen molar-refractivity contribution in [1.29, 1.82) is 0 Å². The van der Waals surface area contributed by atoms with Crippen LogP contribution in [0.5, 0.6) is 5.75 Å². The predicted octanol–water partition coefficient (Wildman–Crippen LogP) is 4.74. The lowest BCUT2D eigenvalue weighted by molar-refractivity contribution is 0.415. The molecule has 0 aliphatic heterocycles. The fraction of sp³-hybridized carbons (Fsp3) is 0.105. The summed E-state index contributed by atoms with van der Waals surface area (Å²) in [5.41, 5.74) is 4.45. The van der Waals surface area contributed by atoms with Gasteiger partial charge in [0.05, 0.1) is 25.7 Å². The number of ether oxygens (including phenoxy) is 1. The summed E-state index contributed by atoms with van der Waals surface area (Å²) >= 11 is 6.03. The van der Waals surface area contributed by atoms with Crippen LogP contribution >= 0.6 is 11.6 Å². The zero-order chi connectivity index (χ0) is 16.5. The maximum absolute atomic E-state index is 6.03. The van der Waals surface area contributed by atoms with Gasteiger partial charge < -0.3 is 14.3 Å². The fourth-order valence-electron chi connectivity index (χ4n) is 2.95. The highest BCUT2D eigenvalue weighted by Crippen LogP contribution is 2.33. The van der Waals surface area contributed by atoms with E-state index in [2.05, 4.69) is 20.6 Å². The summed E-state index contributed by atoms with van der Waals surface area (Å²) in [4.78, 5) is 7.67. The van der Waals surface area contributed by atoms with Crippen LogP contribution in [0.4, 0.5) is 0 Å². The van der Waals surface area contributed by atoms with Crippen LogP contribution in [-0.2, 0) is 6.54 Å². The molecule has 2 aromatic carbocycles. The Bertz CT molecular complexity index is 972. The van der Waals surface area contributed by atoms with Crippen LogP contribution in [0, 0.1) is 0 Å². The Kier molecular flexibility index (Phi) is 3.75. The summed E-state index contributed by atoms with van der Waals surface area (Å²) in [7, 11) is 1.68. The van der Waals surface area contributed by atoms with Gasteiger partial charge in [0.2, 0.25) is 0 Å². The number of fused-ring (bicyclic) bond motifs is 1. The molecule has 0 aliphatic rings. The van der Waals surface area contributed by atoms with Gasteiger partial charge in [0.1, 0.15) is 5.75 Å². The van der Waals surface area contributed by atoms with Gasteiger partial charge in [-0.1, -0.05) is 23.7 Å². The topological polar surface area (TPSA) is 42.8 Å². The van der Waals surface area contributed by atoms with Crippen molar-refractivity contribution in [2.75, 3.05) is 7.11 Å². The lowest BCUT2D eigenvalue weighted by atomic mass is 10.0. The molecule has 4 nitrogen and oxygen atoms in total. The number of nitrogens with zero attached hydrogens (tertiary/aromatic N) is 2. The van der Waals surface area contributed by atoms with Crippen molar-refractivity contribution in [2.24, 2.45) is 0 Å². The molecule has 4 aromatic rings. The molecule has 1 N–H and O–H groups in total. The van der Waals surface area contributed by atoms with Gasteiger partial charge in [-0.3, -0.25) is 0 Å². The van der Waals surface area contributed by atoms with E-state index in [1.54, 1.807) is 13.3 Å². The number of nitrogens with one attached hydrogen (secondary N) is 1. The molecule has 0 aliphatic carbocycles. The third-order valence-corrected chi connectivity index (χ3v) is 4.40. The molecule has 0 saturated heterocycles. The van der Waals surface area contributed by atoms with E-state index >= 15 is 0 Å². The van der Waals surface area contributed by atoms with Crippen LogP contribution in [0.2, 0.25) is 5.02 Å². The summed E-state index contributed by atoms with van der Waals surface area (Å²) in [6.07, 6.45) is 5.59. The Morgan fingerprint density at radius 3 is 2.71 bits per heavy atom. The number of hydrogen-bond donors (Lipinski definition) is 1. The van der Waals surface area contributed by atoms with Gasteiger partial charge in [0.25, 0.3) is 0 Å². The predicted molar refractivity (Wildman–Crippen MR) is 96.6 cm³/mol. The molecular formula is C19H16ClN3O. The Balaban J connectivity index is 1.91. The molecule has 0 spiro atoms. The third-order valence-electron chi connectivity index (χ3n) is 4.15. The number of hydrogen-bond acceptors (Lipinski definition) is 2. The minimum Gasteiger partial charge on any atom is -0.497 e. The summed E-state index contributed by atoms with van der Waals surface area (Å²) < 4.78 is 7.41. The molecule has 2 aromatic heterocycles. The average molecular weight is 338 g/mol. The van der Waals surface area contributed by atoms with Crippen molar-refractivity contribution in [3.8, 4) is 17.0 Å². The number of H-pyrrole nitrogens is 1. The molecule has 0 amide bonds. The number of rotatable bonds is 4. The zero-order valence-electron chi connectivity index (χ0n) is 13.2. The maximum Gasteiger partial charge on any atom is 0.120 e. The van der Waals surface area contributed by atoms with Crippen molar-refractivity contribution in [3.05, 3.63) is 71.8 Å². The first-order chi connectivity index (χ1) is 11.7. The minimum absolute atomic E-state index is 0.729. The van der Waals surface area contributed by atoms with Crippen LogP contribution < -0.4 is 4.74 Å². The molecule has 0 bridgehead atoms. The molecule has 2 heterocycles.